The lowest BCUT2D eigenvalue weighted by molar-refractivity contribution is -0.113. The van der Waals surface area contributed by atoms with Crippen molar-refractivity contribution < 1.29 is 4.79 Å². The number of carbonyl (C=O) groups excluding carboxylic acids is 1. The first-order valence-electron chi connectivity index (χ1n) is 9.86. The third-order valence-electron chi connectivity index (χ3n) is 4.20. The Balaban J connectivity index is 1.25. The molecule has 0 atom stereocenters. The Kier molecular flexibility index (Phi) is 8.82. The van der Waals surface area contributed by atoms with E-state index in [0.29, 0.717) is 25.9 Å². The molecule has 0 saturated heterocycles. The molecule has 10 nitrogen and oxygen atoms in total. The fraction of sp³-hybridized carbons (Fsp3) is 0.100. The van der Waals surface area contributed by atoms with Crippen LogP contribution in [0.25, 0.3) is 0 Å². The second-order valence-electron chi connectivity index (χ2n) is 6.67. The van der Waals surface area contributed by atoms with Crippen molar-refractivity contribution in [2.45, 2.75) is 15.2 Å². The zero-order valence-corrected chi connectivity index (χ0v) is 21.7. The summed E-state index contributed by atoms with van der Waals surface area (Å²) in [5.74, 6) is 6.75. The first-order valence-corrected chi connectivity index (χ1v) is 13.4. The van der Waals surface area contributed by atoms with E-state index in [-0.39, 0.29) is 17.6 Å². The van der Waals surface area contributed by atoms with Gasteiger partial charge in [0.25, 0.3) is 5.95 Å². The van der Waals surface area contributed by atoms with Crippen molar-refractivity contribution in [3.8, 4) is 0 Å². The summed E-state index contributed by atoms with van der Waals surface area (Å²) in [5.41, 5.74) is 4.49. The molecule has 0 spiro atoms. The minimum absolute atomic E-state index is 0.0583. The molecule has 35 heavy (non-hydrogen) atoms. The summed E-state index contributed by atoms with van der Waals surface area (Å²) in [6, 6.07) is 15.2. The minimum Gasteiger partial charge on any atom is -0.334 e. The number of aromatic nitrogens is 5. The number of nitrogens with zero attached hydrogens (tertiary/aromatic N) is 6. The number of nitrogens with one attached hydrogen (secondary N) is 2. The topological polar surface area (TPSA) is 136 Å². The van der Waals surface area contributed by atoms with E-state index in [1.165, 1.54) is 27.8 Å². The maximum Gasteiger partial charge on any atom is 0.264 e. The molecule has 0 aliphatic heterocycles. The molecule has 0 fully saturated rings. The van der Waals surface area contributed by atoms with Crippen LogP contribution in [0.15, 0.2) is 63.1 Å². The van der Waals surface area contributed by atoms with Crippen LogP contribution in [0.2, 0.25) is 10.0 Å². The average molecular weight is 567 g/mol. The number of halogens is 2. The monoisotopic (exact) mass is 565 g/mol. The van der Waals surface area contributed by atoms with E-state index in [1.807, 2.05) is 30.3 Å². The number of anilines is 2. The van der Waals surface area contributed by atoms with Crippen molar-refractivity contribution in [2.75, 3.05) is 22.3 Å². The van der Waals surface area contributed by atoms with Gasteiger partial charge in [-0.05, 0) is 11.6 Å². The number of nitrogens with two attached hydrogens (primary N) is 1. The maximum atomic E-state index is 12.3. The SMILES string of the molecule is Nn1c(N/N=C/c2cccc(Cl)c2Cl)nnc1SCC(=O)Nc1nnc(SCc2ccccc2)s1. The van der Waals surface area contributed by atoms with E-state index in [0.717, 1.165) is 21.9 Å². The molecule has 15 heteroatoms. The summed E-state index contributed by atoms with van der Waals surface area (Å²) in [6.45, 7) is 0. The molecule has 2 heterocycles. The Hall–Kier alpha value is -2.84. The number of hydrazone groups is 1. The van der Waals surface area contributed by atoms with Gasteiger partial charge in [-0.25, -0.2) is 10.1 Å². The summed E-state index contributed by atoms with van der Waals surface area (Å²) in [6.07, 6.45) is 1.48. The molecule has 4 N–H and O–H groups in total. The quantitative estimate of drug-likeness (QED) is 0.0826. The Morgan fingerprint density at radius 2 is 1.91 bits per heavy atom. The number of benzene rings is 2. The number of thioether (sulfide) groups is 2. The van der Waals surface area contributed by atoms with Gasteiger partial charge >= 0.3 is 0 Å². The van der Waals surface area contributed by atoms with E-state index >= 15 is 0 Å². The average Bonchev–Trinajstić information content (AvgIpc) is 3.46. The molecular weight excluding hydrogens is 549 g/mol. The van der Waals surface area contributed by atoms with E-state index in [2.05, 4.69) is 36.2 Å². The van der Waals surface area contributed by atoms with Crippen molar-refractivity contribution >= 4 is 81.3 Å². The first kappa shape index (κ1) is 25.3. The first-order chi connectivity index (χ1) is 17.0. The molecule has 2 aromatic carbocycles. The van der Waals surface area contributed by atoms with Gasteiger partial charge < -0.3 is 5.84 Å². The van der Waals surface area contributed by atoms with Crippen LogP contribution in [0, 0.1) is 0 Å². The van der Waals surface area contributed by atoms with Crippen molar-refractivity contribution in [1.29, 1.82) is 0 Å². The van der Waals surface area contributed by atoms with Gasteiger partial charge in [-0.3, -0.25) is 10.1 Å². The van der Waals surface area contributed by atoms with Gasteiger partial charge in [0.1, 0.15) is 0 Å². The Labute approximate surface area is 222 Å². The molecule has 0 aliphatic carbocycles. The molecule has 0 aliphatic rings. The van der Waals surface area contributed by atoms with Gasteiger partial charge in [0.05, 0.1) is 22.0 Å². The molecule has 0 bridgehead atoms. The van der Waals surface area contributed by atoms with Crippen LogP contribution >= 0.6 is 58.1 Å². The minimum atomic E-state index is -0.267. The molecule has 4 rings (SSSR count). The molecule has 0 saturated carbocycles. The number of hydrogen-bond donors (Lipinski definition) is 3. The van der Waals surface area contributed by atoms with Crippen LogP contribution in [0.3, 0.4) is 0 Å². The van der Waals surface area contributed by atoms with Gasteiger partial charge in [0.15, 0.2) is 4.34 Å². The van der Waals surface area contributed by atoms with Crippen LogP contribution < -0.4 is 16.6 Å². The smallest absolute Gasteiger partial charge is 0.264 e. The highest BCUT2D eigenvalue weighted by Gasteiger charge is 2.14. The van der Waals surface area contributed by atoms with Gasteiger partial charge in [0, 0.05) is 11.3 Å². The standard InChI is InChI=1S/C20H17Cl2N9OS3/c21-14-8-4-7-13(16(14)22)9-24-26-17-27-29-19(31(17)23)33-11-15(32)25-18-28-30-20(35-18)34-10-12-5-2-1-3-6-12/h1-9H,10-11,23H2,(H,26,27)(H,25,28,32)/b24-9+. The Morgan fingerprint density at radius 1 is 1.09 bits per heavy atom. The molecule has 0 unspecified atom stereocenters. The highest BCUT2D eigenvalue weighted by atomic mass is 35.5. The third kappa shape index (κ3) is 7.08. The van der Waals surface area contributed by atoms with Crippen molar-refractivity contribution in [3.05, 3.63) is 69.7 Å². The zero-order valence-electron chi connectivity index (χ0n) is 17.8. The zero-order chi connectivity index (χ0) is 24.6. The maximum absolute atomic E-state index is 12.3. The summed E-state index contributed by atoms with van der Waals surface area (Å²) >= 11 is 16.1. The van der Waals surface area contributed by atoms with E-state index in [9.17, 15) is 4.79 Å². The van der Waals surface area contributed by atoms with Crippen LogP contribution in [-0.2, 0) is 10.5 Å². The number of rotatable bonds is 10. The largest absolute Gasteiger partial charge is 0.334 e. The number of hydrogen-bond acceptors (Lipinski definition) is 11. The summed E-state index contributed by atoms with van der Waals surface area (Å²) in [7, 11) is 0. The molecule has 4 aromatic rings. The van der Waals surface area contributed by atoms with Crippen LogP contribution in [-0.4, -0.2) is 42.9 Å². The molecular formula is C20H17Cl2N9OS3. The summed E-state index contributed by atoms with van der Waals surface area (Å²) in [4.78, 5) is 12.3. The summed E-state index contributed by atoms with van der Waals surface area (Å²) in [5, 5.41) is 24.4. The van der Waals surface area contributed by atoms with E-state index in [4.69, 9.17) is 29.0 Å². The lowest BCUT2D eigenvalue weighted by Gasteiger charge is -2.03. The van der Waals surface area contributed by atoms with E-state index in [1.54, 1.807) is 30.0 Å². The normalized spacial score (nSPS) is 11.1. The molecule has 1 amide bonds. The number of amides is 1. The molecule has 180 valence electrons. The predicted octanol–water partition coefficient (Wildman–Crippen LogP) is 4.62. The highest BCUT2D eigenvalue weighted by Crippen LogP contribution is 2.28. The summed E-state index contributed by atoms with van der Waals surface area (Å²) < 4.78 is 1.96. The van der Waals surface area contributed by atoms with Crippen LogP contribution in [0.1, 0.15) is 11.1 Å². The van der Waals surface area contributed by atoms with Gasteiger partial charge in [-0.1, -0.05) is 101 Å². The van der Waals surface area contributed by atoms with Crippen LogP contribution in [0.4, 0.5) is 11.1 Å². The third-order valence-corrected chi connectivity index (χ3v) is 8.02. The number of carbonyl (C=O) groups is 1. The van der Waals surface area contributed by atoms with Gasteiger partial charge in [-0.2, -0.15) is 5.10 Å². The predicted molar refractivity (Wildman–Crippen MR) is 143 cm³/mol. The lowest BCUT2D eigenvalue weighted by Crippen LogP contribution is -2.16. The van der Waals surface area contributed by atoms with Crippen molar-refractivity contribution in [1.82, 2.24) is 25.1 Å². The second kappa shape index (κ2) is 12.2. The fourth-order valence-corrected chi connectivity index (χ4v) is 5.29. The molecule has 0 radical (unpaired) electrons. The van der Waals surface area contributed by atoms with E-state index < -0.39 is 0 Å². The van der Waals surface area contributed by atoms with Crippen molar-refractivity contribution in [2.24, 2.45) is 5.10 Å². The Morgan fingerprint density at radius 3 is 2.74 bits per heavy atom. The second-order valence-corrected chi connectivity index (χ2v) is 10.6. The van der Waals surface area contributed by atoms with Crippen LogP contribution in [0.5, 0.6) is 0 Å². The van der Waals surface area contributed by atoms with Gasteiger partial charge in [-0.15, -0.1) is 20.4 Å². The van der Waals surface area contributed by atoms with Crippen molar-refractivity contribution in [3.63, 3.8) is 0 Å². The number of nitrogen functional groups attached to an aromatic ring is 1. The highest BCUT2D eigenvalue weighted by molar-refractivity contribution is 8.00. The Bertz CT molecular complexity index is 1330. The fourth-order valence-electron chi connectivity index (χ4n) is 2.55. The molecule has 2 aromatic heterocycles. The lowest BCUT2D eigenvalue weighted by atomic mass is 10.2. The van der Waals surface area contributed by atoms with Gasteiger partial charge in [0.2, 0.25) is 16.2 Å².